The number of benzene rings is 2. The minimum Gasteiger partial charge on any atom is -0.477 e. The average Bonchev–Trinajstić information content (AvgIpc) is 3.35. The molecule has 1 aliphatic carbocycles. The summed E-state index contributed by atoms with van der Waals surface area (Å²) in [5, 5.41) is 10.0. The van der Waals surface area contributed by atoms with Crippen molar-refractivity contribution in [2.45, 2.75) is 43.0 Å². The van der Waals surface area contributed by atoms with Crippen LogP contribution in [0.2, 0.25) is 0 Å². The van der Waals surface area contributed by atoms with Crippen LogP contribution in [0.5, 0.6) is 0 Å². The van der Waals surface area contributed by atoms with Crippen LogP contribution in [0.4, 0.5) is 10.1 Å². The van der Waals surface area contributed by atoms with Crippen LogP contribution in [0.15, 0.2) is 65.6 Å². The SMILES string of the molecule is O=C(O)c1sc(-c2ccccc2)cc1N1C(=O)CN(S(=O)(=O)c2ccccc2F)CC1C1CCCCC1. The second kappa shape index (κ2) is 10.4. The fourth-order valence-corrected chi connectivity index (χ4v) is 7.86. The Kier molecular flexibility index (Phi) is 7.15. The first-order chi connectivity index (χ1) is 17.8. The number of carboxylic acids is 1. The predicted octanol–water partition coefficient (Wildman–Crippen LogP) is 5.24. The number of thiophene rings is 1. The molecule has 1 N–H and O–H groups in total. The Balaban J connectivity index is 1.57. The summed E-state index contributed by atoms with van der Waals surface area (Å²) < 4.78 is 42.3. The van der Waals surface area contributed by atoms with Gasteiger partial charge in [-0.15, -0.1) is 11.3 Å². The summed E-state index contributed by atoms with van der Waals surface area (Å²) >= 11 is 1.10. The quantitative estimate of drug-likeness (QED) is 0.460. The fourth-order valence-electron chi connectivity index (χ4n) is 5.39. The second-order valence-electron chi connectivity index (χ2n) is 9.45. The molecule has 10 heteroatoms. The first-order valence-electron chi connectivity index (χ1n) is 12.3. The van der Waals surface area contributed by atoms with Crippen molar-refractivity contribution in [3.05, 3.63) is 71.4 Å². The summed E-state index contributed by atoms with van der Waals surface area (Å²) in [7, 11) is -4.27. The second-order valence-corrected chi connectivity index (χ2v) is 12.4. The number of carbonyl (C=O) groups excluding carboxylic acids is 1. The molecule has 0 bridgehead atoms. The molecule has 0 spiro atoms. The summed E-state index contributed by atoms with van der Waals surface area (Å²) in [5.41, 5.74) is 1.13. The Morgan fingerprint density at radius 1 is 1.00 bits per heavy atom. The molecule has 1 aliphatic heterocycles. The normalized spacial score (nSPS) is 19.8. The maximum Gasteiger partial charge on any atom is 0.348 e. The van der Waals surface area contributed by atoms with Crippen molar-refractivity contribution in [1.29, 1.82) is 0 Å². The molecule has 1 atom stereocenters. The van der Waals surface area contributed by atoms with Crippen molar-refractivity contribution in [2.24, 2.45) is 5.92 Å². The van der Waals surface area contributed by atoms with Gasteiger partial charge in [-0.1, -0.05) is 61.7 Å². The Morgan fingerprint density at radius 2 is 1.68 bits per heavy atom. The van der Waals surface area contributed by atoms with E-state index in [0.717, 1.165) is 59.4 Å². The number of aromatic carboxylic acids is 1. The number of hydrogen-bond donors (Lipinski definition) is 1. The van der Waals surface area contributed by atoms with Crippen molar-refractivity contribution in [3.8, 4) is 10.4 Å². The van der Waals surface area contributed by atoms with E-state index in [9.17, 15) is 27.5 Å². The summed E-state index contributed by atoms with van der Waals surface area (Å²) in [6.07, 6.45) is 4.58. The van der Waals surface area contributed by atoms with Gasteiger partial charge in [0, 0.05) is 11.4 Å². The number of rotatable bonds is 6. The van der Waals surface area contributed by atoms with Crippen molar-refractivity contribution >= 4 is 38.9 Å². The number of carboxylic acid groups (broad SMARTS) is 1. The third-order valence-corrected chi connectivity index (χ3v) is 10.2. The highest BCUT2D eigenvalue weighted by molar-refractivity contribution is 7.89. The highest BCUT2D eigenvalue weighted by Crippen LogP contribution is 2.42. The monoisotopic (exact) mass is 542 g/mol. The molecular formula is C27H27FN2O5S2. The molecule has 2 aliphatic rings. The van der Waals surface area contributed by atoms with Crippen LogP contribution in [-0.2, 0) is 14.8 Å². The van der Waals surface area contributed by atoms with E-state index in [0.29, 0.717) is 10.6 Å². The molecule has 1 saturated carbocycles. The lowest BCUT2D eigenvalue weighted by molar-refractivity contribution is -0.121. The minimum absolute atomic E-state index is 0.00181. The number of halogens is 1. The van der Waals surface area contributed by atoms with Crippen LogP contribution in [-0.4, -0.2) is 48.8 Å². The van der Waals surface area contributed by atoms with Crippen LogP contribution in [0.3, 0.4) is 0 Å². The van der Waals surface area contributed by atoms with Gasteiger partial charge in [-0.25, -0.2) is 17.6 Å². The van der Waals surface area contributed by atoms with Crippen molar-refractivity contribution in [2.75, 3.05) is 18.0 Å². The largest absolute Gasteiger partial charge is 0.477 e. The standard InChI is InChI=1S/C27H27FN2O5S2/c28-20-13-7-8-14-24(20)37(34,35)29-16-22(18-9-3-1-4-10-18)30(25(31)17-29)21-15-23(36-26(21)27(32)33)19-11-5-2-6-12-19/h2,5-8,11-15,18,22H,1,3-4,9-10,16-17H2,(H,32,33). The van der Waals surface area contributed by atoms with Crippen LogP contribution in [0, 0.1) is 11.7 Å². The predicted molar refractivity (Wildman–Crippen MR) is 140 cm³/mol. The average molecular weight is 543 g/mol. The Labute approximate surface area is 219 Å². The number of carbonyl (C=O) groups is 2. The van der Waals surface area contributed by atoms with E-state index in [1.807, 2.05) is 30.3 Å². The van der Waals surface area contributed by atoms with Crippen LogP contribution in [0.25, 0.3) is 10.4 Å². The van der Waals surface area contributed by atoms with Crippen LogP contribution >= 0.6 is 11.3 Å². The number of amides is 1. The molecule has 37 heavy (non-hydrogen) atoms. The molecule has 1 aromatic heterocycles. The van der Waals surface area contributed by atoms with Gasteiger partial charge in [0.2, 0.25) is 15.9 Å². The van der Waals surface area contributed by atoms with Crippen LogP contribution in [0.1, 0.15) is 41.8 Å². The van der Waals surface area contributed by atoms with Crippen LogP contribution < -0.4 is 4.90 Å². The number of sulfonamides is 1. The van der Waals surface area contributed by atoms with Gasteiger partial charge in [-0.05, 0) is 42.5 Å². The van der Waals surface area contributed by atoms with E-state index < -0.39 is 45.2 Å². The topological polar surface area (TPSA) is 95.0 Å². The third kappa shape index (κ3) is 4.93. The number of nitrogens with zero attached hydrogens (tertiary/aromatic N) is 2. The molecule has 0 radical (unpaired) electrons. The highest BCUT2D eigenvalue weighted by Gasteiger charge is 2.44. The molecule has 2 heterocycles. The molecule has 7 nitrogen and oxygen atoms in total. The maximum absolute atomic E-state index is 14.5. The van der Waals surface area contributed by atoms with E-state index in [1.165, 1.54) is 23.1 Å². The zero-order valence-corrected chi connectivity index (χ0v) is 21.7. The first kappa shape index (κ1) is 25.6. The van der Waals surface area contributed by atoms with Crippen molar-refractivity contribution in [3.63, 3.8) is 0 Å². The zero-order chi connectivity index (χ0) is 26.2. The van der Waals surface area contributed by atoms with Gasteiger partial charge in [0.1, 0.15) is 15.6 Å². The Hall–Kier alpha value is -3.08. The number of hydrogen-bond acceptors (Lipinski definition) is 5. The molecule has 3 aromatic rings. The molecule has 2 aromatic carbocycles. The van der Waals surface area contributed by atoms with Gasteiger partial charge >= 0.3 is 5.97 Å². The summed E-state index contributed by atoms with van der Waals surface area (Å²) in [6.45, 7) is -0.516. The smallest absolute Gasteiger partial charge is 0.348 e. The van der Waals surface area contributed by atoms with Gasteiger partial charge in [0.15, 0.2) is 0 Å². The van der Waals surface area contributed by atoms with Crippen molar-refractivity contribution in [1.82, 2.24) is 4.31 Å². The lowest BCUT2D eigenvalue weighted by Crippen LogP contribution is -2.60. The maximum atomic E-state index is 14.5. The zero-order valence-electron chi connectivity index (χ0n) is 20.0. The highest BCUT2D eigenvalue weighted by atomic mass is 32.2. The molecule has 2 fully saturated rings. The summed E-state index contributed by atoms with van der Waals surface area (Å²) in [5.74, 6) is -2.52. The summed E-state index contributed by atoms with van der Waals surface area (Å²) in [4.78, 5) is 27.7. The molecule has 5 rings (SSSR count). The molecule has 194 valence electrons. The van der Waals surface area contributed by atoms with Gasteiger partial charge in [-0.3, -0.25) is 4.79 Å². The Morgan fingerprint density at radius 3 is 2.35 bits per heavy atom. The Bertz CT molecular complexity index is 1420. The number of anilines is 1. The van der Waals surface area contributed by atoms with E-state index in [-0.39, 0.29) is 17.3 Å². The molecule has 1 amide bonds. The lowest BCUT2D eigenvalue weighted by Gasteiger charge is -2.44. The van der Waals surface area contributed by atoms with Gasteiger partial charge < -0.3 is 10.0 Å². The molecule has 1 unspecified atom stereocenters. The summed E-state index contributed by atoms with van der Waals surface area (Å²) in [6, 6.07) is 15.6. The van der Waals surface area contributed by atoms with E-state index in [4.69, 9.17) is 0 Å². The molecular weight excluding hydrogens is 515 g/mol. The van der Waals surface area contributed by atoms with E-state index >= 15 is 0 Å². The van der Waals surface area contributed by atoms with E-state index in [1.54, 1.807) is 6.07 Å². The van der Waals surface area contributed by atoms with Gasteiger partial charge in [0.05, 0.1) is 18.3 Å². The van der Waals surface area contributed by atoms with Gasteiger partial charge in [-0.2, -0.15) is 4.31 Å². The fraction of sp³-hybridized carbons (Fsp3) is 0.333. The minimum atomic E-state index is -4.27. The van der Waals surface area contributed by atoms with E-state index in [2.05, 4.69) is 0 Å². The third-order valence-electron chi connectivity index (χ3n) is 7.18. The molecule has 1 saturated heterocycles. The first-order valence-corrected chi connectivity index (χ1v) is 14.5. The number of piperazine rings is 1. The lowest BCUT2D eigenvalue weighted by atomic mass is 9.82. The van der Waals surface area contributed by atoms with Crippen molar-refractivity contribution < 1.29 is 27.5 Å². The van der Waals surface area contributed by atoms with Gasteiger partial charge in [0.25, 0.3) is 0 Å².